The number of benzene rings is 2. The molecule has 0 aliphatic carbocycles. The maximum absolute atomic E-state index is 12.8. The summed E-state index contributed by atoms with van der Waals surface area (Å²) in [6, 6.07) is 12.6. The number of ether oxygens (including phenoxy) is 2. The average molecular weight is 427 g/mol. The monoisotopic (exact) mass is 427 g/mol. The quantitative estimate of drug-likeness (QED) is 0.418. The highest BCUT2D eigenvalue weighted by Gasteiger charge is 2.15. The predicted octanol–water partition coefficient (Wildman–Crippen LogP) is 1.92. The zero-order valence-corrected chi connectivity index (χ0v) is 17.0. The highest BCUT2D eigenvalue weighted by molar-refractivity contribution is 7.99. The molecule has 0 saturated heterocycles. The standard InChI is InChI=1S/C21H21N3O5S/c25-9-3-8-24-20(27)15-4-1-2-5-16(15)23-21(24)30-12-19(26)22-11-14-6-7-17-18(10-14)29-13-28-17/h1-2,4-7,10,25H,3,8-9,11-13H2,(H,22,26). The predicted molar refractivity (Wildman–Crippen MR) is 113 cm³/mol. The van der Waals surface area contributed by atoms with Crippen molar-refractivity contribution in [3.63, 3.8) is 0 Å². The molecule has 0 fully saturated rings. The van der Waals surface area contributed by atoms with Gasteiger partial charge in [-0.25, -0.2) is 4.98 Å². The average Bonchev–Trinajstić information content (AvgIpc) is 3.24. The first kappa shape index (κ1) is 20.2. The molecule has 156 valence electrons. The number of nitrogens with one attached hydrogen (secondary N) is 1. The van der Waals surface area contributed by atoms with E-state index in [1.165, 1.54) is 16.3 Å². The van der Waals surface area contributed by atoms with Crippen LogP contribution in [0.1, 0.15) is 12.0 Å². The first-order valence-corrected chi connectivity index (χ1v) is 10.5. The van der Waals surface area contributed by atoms with E-state index in [1.54, 1.807) is 18.2 Å². The molecular formula is C21H21N3O5S. The summed E-state index contributed by atoms with van der Waals surface area (Å²) < 4.78 is 12.2. The lowest BCUT2D eigenvalue weighted by Gasteiger charge is -2.12. The van der Waals surface area contributed by atoms with Gasteiger partial charge in [0, 0.05) is 19.7 Å². The van der Waals surface area contributed by atoms with Crippen molar-refractivity contribution in [2.45, 2.75) is 24.7 Å². The van der Waals surface area contributed by atoms with Gasteiger partial charge in [0.15, 0.2) is 16.7 Å². The molecule has 0 spiro atoms. The fraction of sp³-hybridized carbons (Fsp3) is 0.286. The third kappa shape index (κ3) is 4.42. The van der Waals surface area contributed by atoms with Gasteiger partial charge in [0.2, 0.25) is 12.7 Å². The minimum Gasteiger partial charge on any atom is -0.454 e. The first-order chi connectivity index (χ1) is 14.7. The van der Waals surface area contributed by atoms with Crippen molar-refractivity contribution in [2.75, 3.05) is 19.2 Å². The number of hydrogen-bond donors (Lipinski definition) is 2. The number of thioether (sulfide) groups is 1. The molecule has 0 atom stereocenters. The third-order valence-electron chi connectivity index (χ3n) is 4.63. The van der Waals surface area contributed by atoms with Crippen molar-refractivity contribution < 1.29 is 19.4 Å². The zero-order chi connectivity index (χ0) is 20.9. The highest BCUT2D eigenvalue weighted by Crippen LogP contribution is 2.32. The molecule has 1 aliphatic heterocycles. The molecule has 0 saturated carbocycles. The summed E-state index contributed by atoms with van der Waals surface area (Å²) in [4.78, 5) is 29.7. The van der Waals surface area contributed by atoms with Crippen molar-refractivity contribution in [2.24, 2.45) is 0 Å². The number of rotatable bonds is 8. The third-order valence-corrected chi connectivity index (χ3v) is 5.60. The maximum Gasteiger partial charge on any atom is 0.262 e. The Hall–Kier alpha value is -3.04. The van der Waals surface area contributed by atoms with Gasteiger partial charge in [-0.3, -0.25) is 14.2 Å². The molecule has 2 aromatic carbocycles. The van der Waals surface area contributed by atoms with Gasteiger partial charge in [-0.05, 0) is 36.2 Å². The van der Waals surface area contributed by atoms with Gasteiger partial charge in [-0.1, -0.05) is 30.0 Å². The molecule has 8 nitrogen and oxygen atoms in total. The lowest BCUT2D eigenvalue weighted by molar-refractivity contribution is -0.118. The number of aromatic nitrogens is 2. The molecule has 4 rings (SSSR count). The normalized spacial score (nSPS) is 12.3. The molecule has 0 bridgehead atoms. The Kier molecular flexibility index (Phi) is 6.20. The van der Waals surface area contributed by atoms with Crippen LogP contribution in [-0.2, 0) is 17.9 Å². The number of para-hydroxylation sites is 1. The molecule has 3 aromatic rings. The Labute approximate surface area is 176 Å². The van der Waals surface area contributed by atoms with E-state index in [4.69, 9.17) is 14.6 Å². The van der Waals surface area contributed by atoms with E-state index in [0.29, 0.717) is 47.1 Å². The fourth-order valence-electron chi connectivity index (χ4n) is 3.12. The summed E-state index contributed by atoms with van der Waals surface area (Å²) in [7, 11) is 0. The van der Waals surface area contributed by atoms with Gasteiger partial charge in [-0.15, -0.1) is 0 Å². The fourth-order valence-corrected chi connectivity index (χ4v) is 3.97. The Morgan fingerprint density at radius 3 is 2.90 bits per heavy atom. The van der Waals surface area contributed by atoms with Crippen molar-refractivity contribution in [3.05, 3.63) is 58.4 Å². The highest BCUT2D eigenvalue weighted by atomic mass is 32.2. The van der Waals surface area contributed by atoms with Crippen LogP contribution in [0.15, 0.2) is 52.4 Å². The van der Waals surface area contributed by atoms with E-state index in [0.717, 1.165) is 5.56 Å². The largest absolute Gasteiger partial charge is 0.454 e. The van der Waals surface area contributed by atoms with E-state index in [2.05, 4.69) is 10.3 Å². The number of aliphatic hydroxyl groups excluding tert-OH is 1. The number of amides is 1. The maximum atomic E-state index is 12.8. The number of hydrogen-bond acceptors (Lipinski definition) is 7. The number of fused-ring (bicyclic) bond motifs is 2. The minimum atomic E-state index is -0.172. The zero-order valence-electron chi connectivity index (χ0n) is 16.2. The first-order valence-electron chi connectivity index (χ1n) is 9.54. The second-order valence-corrected chi connectivity index (χ2v) is 7.64. The van der Waals surface area contributed by atoms with Crippen LogP contribution < -0.4 is 20.3 Å². The van der Waals surface area contributed by atoms with Crippen LogP contribution in [-0.4, -0.2) is 39.7 Å². The summed E-state index contributed by atoms with van der Waals surface area (Å²) in [6.07, 6.45) is 0.434. The molecule has 2 N–H and O–H groups in total. The minimum absolute atomic E-state index is 0.0284. The summed E-state index contributed by atoms with van der Waals surface area (Å²) in [5, 5.41) is 13.0. The van der Waals surface area contributed by atoms with Gasteiger partial charge >= 0.3 is 0 Å². The second kappa shape index (κ2) is 9.19. The molecule has 1 aromatic heterocycles. The van der Waals surface area contributed by atoms with E-state index < -0.39 is 0 Å². The van der Waals surface area contributed by atoms with Crippen LogP contribution in [0.2, 0.25) is 0 Å². The van der Waals surface area contributed by atoms with Crippen LogP contribution in [0.3, 0.4) is 0 Å². The molecule has 1 amide bonds. The molecule has 1 aliphatic rings. The Morgan fingerprint density at radius 1 is 1.20 bits per heavy atom. The lowest BCUT2D eigenvalue weighted by Crippen LogP contribution is -2.27. The van der Waals surface area contributed by atoms with Crippen LogP contribution in [0, 0.1) is 0 Å². The van der Waals surface area contributed by atoms with E-state index in [1.807, 2.05) is 24.3 Å². The SMILES string of the molecule is O=C(CSc1nc2ccccc2c(=O)n1CCCO)NCc1ccc2c(c1)OCO2. The molecule has 0 radical (unpaired) electrons. The number of carbonyl (C=O) groups excluding carboxylic acids is 1. The number of carbonyl (C=O) groups is 1. The molecule has 0 unspecified atom stereocenters. The van der Waals surface area contributed by atoms with Crippen LogP contribution in [0.25, 0.3) is 10.9 Å². The van der Waals surface area contributed by atoms with E-state index >= 15 is 0 Å². The van der Waals surface area contributed by atoms with Crippen molar-refractivity contribution in [3.8, 4) is 11.5 Å². The Balaban J connectivity index is 1.43. The van der Waals surface area contributed by atoms with Gasteiger partial charge in [0.05, 0.1) is 16.7 Å². The van der Waals surface area contributed by atoms with Crippen molar-refractivity contribution >= 4 is 28.6 Å². The smallest absolute Gasteiger partial charge is 0.262 e. The molecule has 9 heteroatoms. The van der Waals surface area contributed by atoms with Gasteiger partial charge in [0.1, 0.15) is 0 Å². The topological polar surface area (TPSA) is 103 Å². The molecule has 30 heavy (non-hydrogen) atoms. The molecular weight excluding hydrogens is 406 g/mol. The van der Waals surface area contributed by atoms with E-state index in [-0.39, 0.29) is 30.6 Å². The van der Waals surface area contributed by atoms with Gasteiger partial charge in [-0.2, -0.15) is 0 Å². The summed E-state index contributed by atoms with van der Waals surface area (Å²) in [5.74, 6) is 1.32. The summed E-state index contributed by atoms with van der Waals surface area (Å²) in [5.41, 5.74) is 1.32. The summed E-state index contributed by atoms with van der Waals surface area (Å²) >= 11 is 1.20. The van der Waals surface area contributed by atoms with Crippen LogP contribution in [0.4, 0.5) is 0 Å². The number of nitrogens with zero attached hydrogens (tertiary/aromatic N) is 2. The van der Waals surface area contributed by atoms with Crippen molar-refractivity contribution in [1.29, 1.82) is 0 Å². The van der Waals surface area contributed by atoms with Gasteiger partial charge < -0.3 is 19.9 Å². The van der Waals surface area contributed by atoms with Gasteiger partial charge in [0.25, 0.3) is 5.56 Å². The van der Waals surface area contributed by atoms with Crippen molar-refractivity contribution in [1.82, 2.24) is 14.9 Å². The summed E-state index contributed by atoms with van der Waals surface area (Å²) in [6.45, 7) is 0.880. The van der Waals surface area contributed by atoms with Crippen LogP contribution in [0.5, 0.6) is 11.5 Å². The Bertz CT molecular complexity index is 1130. The molecule has 2 heterocycles. The second-order valence-electron chi connectivity index (χ2n) is 6.70. The van der Waals surface area contributed by atoms with Crippen LogP contribution >= 0.6 is 11.8 Å². The van der Waals surface area contributed by atoms with E-state index in [9.17, 15) is 9.59 Å². The lowest BCUT2D eigenvalue weighted by atomic mass is 10.2. The Morgan fingerprint density at radius 2 is 2.03 bits per heavy atom. The number of aliphatic hydroxyl groups is 1.